The van der Waals surface area contributed by atoms with Crippen LogP contribution >= 0.6 is 0 Å². The summed E-state index contributed by atoms with van der Waals surface area (Å²) >= 11 is 0. The summed E-state index contributed by atoms with van der Waals surface area (Å²) in [6.45, 7) is 8.49. The number of hydrogen-bond acceptors (Lipinski definition) is 2. The van der Waals surface area contributed by atoms with E-state index in [4.69, 9.17) is 0 Å². The minimum absolute atomic E-state index is 0.0849. The lowest BCUT2D eigenvalue weighted by molar-refractivity contribution is 0.573. The van der Waals surface area contributed by atoms with Gasteiger partial charge in [0.15, 0.2) is 0 Å². The van der Waals surface area contributed by atoms with Crippen LogP contribution in [0, 0.1) is 6.92 Å². The number of aromatic nitrogens is 3. The molecule has 0 aliphatic carbocycles. The van der Waals surface area contributed by atoms with Crippen molar-refractivity contribution < 1.29 is 0 Å². The highest BCUT2D eigenvalue weighted by Gasteiger charge is 2.17. The van der Waals surface area contributed by atoms with Crippen molar-refractivity contribution in [2.45, 2.75) is 33.1 Å². The molecule has 0 aliphatic rings. The lowest BCUT2D eigenvalue weighted by Crippen LogP contribution is -2.11. The van der Waals surface area contributed by atoms with Gasteiger partial charge in [0.1, 0.15) is 0 Å². The van der Waals surface area contributed by atoms with Crippen molar-refractivity contribution in [1.29, 1.82) is 0 Å². The van der Waals surface area contributed by atoms with Gasteiger partial charge < -0.3 is 0 Å². The summed E-state index contributed by atoms with van der Waals surface area (Å²) in [5.74, 6) is 0.778. The van der Waals surface area contributed by atoms with Gasteiger partial charge >= 0.3 is 0 Å². The molecule has 2 heterocycles. The van der Waals surface area contributed by atoms with Crippen LogP contribution in [-0.2, 0) is 5.41 Å². The molecular formula is C11H15N3. The molecule has 14 heavy (non-hydrogen) atoms. The van der Waals surface area contributed by atoms with Gasteiger partial charge in [0.2, 0.25) is 5.78 Å². The van der Waals surface area contributed by atoms with E-state index in [-0.39, 0.29) is 5.41 Å². The molecule has 0 amide bonds. The zero-order valence-corrected chi connectivity index (χ0v) is 9.07. The Balaban J connectivity index is 2.63. The first-order valence-electron chi connectivity index (χ1n) is 4.79. The van der Waals surface area contributed by atoms with E-state index in [1.807, 2.05) is 23.7 Å². The average Bonchev–Trinajstić information content (AvgIpc) is 2.45. The standard InChI is InChI=1S/C11H15N3/c1-8-5-12-10-13-9(11(2,3)4)7-14(10)6-8/h5-7H,1-4H3. The lowest BCUT2D eigenvalue weighted by atomic mass is 9.93. The average molecular weight is 189 g/mol. The molecule has 0 spiro atoms. The molecule has 0 aliphatic heterocycles. The van der Waals surface area contributed by atoms with Gasteiger partial charge in [0.05, 0.1) is 5.69 Å². The van der Waals surface area contributed by atoms with E-state index in [0.29, 0.717) is 0 Å². The van der Waals surface area contributed by atoms with Crippen LogP contribution in [0.25, 0.3) is 5.78 Å². The van der Waals surface area contributed by atoms with Crippen LogP contribution in [0.1, 0.15) is 32.0 Å². The smallest absolute Gasteiger partial charge is 0.233 e. The molecule has 3 nitrogen and oxygen atoms in total. The van der Waals surface area contributed by atoms with E-state index >= 15 is 0 Å². The number of imidazole rings is 1. The van der Waals surface area contributed by atoms with Crippen LogP contribution in [0.3, 0.4) is 0 Å². The normalized spacial score (nSPS) is 12.3. The van der Waals surface area contributed by atoms with Gasteiger partial charge in [0, 0.05) is 24.0 Å². The molecule has 0 bridgehead atoms. The Morgan fingerprint density at radius 3 is 2.57 bits per heavy atom. The number of hydrogen-bond donors (Lipinski definition) is 0. The number of rotatable bonds is 0. The molecule has 2 aromatic rings. The fourth-order valence-corrected chi connectivity index (χ4v) is 1.35. The highest BCUT2D eigenvalue weighted by Crippen LogP contribution is 2.20. The maximum absolute atomic E-state index is 4.48. The summed E-state index contributed by atoms with van der Waals surface area (Å²) in [5.41, 5.74) is 2.31. The predicted octanol–water partition coefficient (Wildman–Crippen LogP) is 2.34. The van der Waals surface area contributed by atoms with E-state index in [1.54, 1.807) is 0 Å². The SMILES string of the molecule is Cc1cnc2nc(C(C)(C)C)cn2c1. The van der Waals surface area contributed by atoms with Crippen molar-refractivity contribution in [3.63, 3.8) is 0 Å². The van der Waals surface area contributed by atoms with Gasteiger partial charge in [-0.1, -0.05) is 20.8 Å². The van der Waals surface area contributed by atoms with Crippen molar-refractivity contribution in [3.8, 4) is 0 Å². The van der Waals surface area contributed by atoms with Crippen molar-refractivity contribution in [2.24, 2.45) is 0 Å². The maximum Gasteiger partial charge on any atom is 0.233 e. The van der Waals surface area contributed by atoms with E-state index < -0.39 is 0 Å². The van der Waals surface area contributed by atoms with E-state index in [1.165, 1.54) is 0 Å². The number of nitrogens with zero attached hydrogens (tertiary/aromatic N) is 3. The zero-order chi connectivity index (χ0) is 10.3. The quantitative estimate of drug-likeness (QED) is 0.636. The third-order valence-corrected chi connectivity index (χ3v) is 2.21. The first-order valence-corrected chi connectivity index (χ1v) is 4.79. The molecule has 2 rings (SSSR count). The molecule has 3 heteroatoms. The Kier molecular flexibility index (Phi) is 1.84. The minimum Gasteiger partial charge on any atom is -0.291 e. The molecule has 0 radical (unpaired) electrons. The summed E-state index contributed by atoms with van der Waals surface area (Å²) in [7, 11) is 0. The van der Waals surface area contributed by atoms with E-state index in [2.05, 4.69) is 36.9 Å². The van der Waals surface area contributed by atoms with Crippen molar-refractivity contribution in [1.82, 2.24) is 14.4 Å². The lowest BCUT2D eigenvalue weighted by Gasteiger charge is -2.13. The van der Waals surface area contributed by atoms with Gasteiger partial charge in [0.25, 0.3) is 0 Å². The van der Waals surface area contributed by atoms with E-state index in [0.717, 1.165) is 17.0 Å². The first kappa shape index (κ1) is 9.19. The summed E-state index contributed by atoms with van der Waals surface area (Å²) in [4.78, 5) is 8.74. The van der Waals surface area contributed by atoms with E-state index in [9.17, 15) is 0 Å². The summed E-state index contributed by atoms with van der Waals surface area (Å²) in [6, 6.07) is 0. The molecule has 0 fully saturated rings. The highest BCUT2D eigenvalue weighted by molar-refractivity contribution is 5.33. The largest absolute Gasteiger partial charge is 0.291 e. The fourth-order valence-electron chi connectivity index (χ4n) is 1.35. The van der Waals surface area contributed by atoms with Crippen molar-refractivity contribution in [2.75, 3.05) is 0 Å². The Labute approximate surface area is 83.8 Å². The predicted molar refractivity (Wildman–Crippen MR) is 56.4 cm³/mol. The van der Waals surface area contributed by atoms with Crippen LogP contribution in [0.4, 0.5) is 0 Å². The third kappa shape index (κ3) is 1.50. The van der Waals surface area contributed by atoms with Crippen molar-refractivity contribution in [3.05, 3.63) is 29.8 Å². The molecule has 2 aromatic heterocycles. The van der Waals surface area contributed by atoms with Gasteiger partial charge in [-0.3, -0.25) is 4.40 Å². The van der Waals surface area contributed by atoms with Crippen LogP contribution < -0.4 is 0 Å². The molecule has 0 N–H and O–H groups in total. The number of fused-ring (bicyclic) bond motifs is 1. The van der Waals surface area contributed by atoms with Gasteiger partial charge in [-0.25, -0.2) is 9.97 Å². The molecule has 0 unspecified atom stereocenters. The Hall–Kier alpha value is -1.38. The maximum atomic E-state index is 4.48. The molecule has 0 atom stereocenters. The summed E-state index contributed by atoms with van der Waals surface area (Å²) < 4.78 is 1.98. The molecule has 0 saturated carbocycles. The number of aryl methyl sites for hydroxylation is 1. The van der Waals surface area contributed by atoms with Crippen LogP contribution in [0.2, 0.25) is 0 Å². The second-order valence-electron chi connectivity index (χ2n) is 4.71. The highest BCUT2D eigenvalue weighted by atomic mass is 15.1. The summed E-state index contributed by atoms with van der Waals surface area (Å²) in [5, 5.41) is 0. The monoisotopic (exact) mass is 189 g/mol. The van der Waals surface area contributed by atoms with Gasteiger partial charge in [-0.05, 0) is 12.5 Å². The third-order valence-electron chi connectivity index (χ3n) is 2.21. The van der Waals surface area contributed by atoms with Crippen molar-refractivity contribution >= 4 is 5.78 Å². The summed E-state index contributed by atoms with van der Waals surface area (Å²) in [6.07, 6.45) is 5.94. The molecule has 74 valence electrons. The molecule has 0 aromatic carbocycles. The molecular weight excluding hydrogens is 174 g/mol. The second kappa shape index (κ2) is 2.80. The first-order chi connectivity index (χ1) is 6.47. The van der Waals surface area contributed by atoms with Crippen LogP contribution in [0.15, 0.2) is 18.6 Å². The minimum atomic E-state index is 0.0849. The molecule has 0 saturated heterocycles. The zero-order valence-electron chi connectivity index (χ0n) is 9.07. The van der Waals surface area contributed by atoms with Gasteiger partial charge in [-0.15, -0.1) is 0 Å². The second-order valence-corrected chi connectivity index (χ2v) is 4.71. The van der Waals surface area contributed by atoms with Crippen LogP contribution in [0.5, 0.6) is 0 Å². The fraction of sp³-hybridized carbons (Fsp3) is 0.455. The Morgan fingerprint density at radius 1 is 1.21 bits per heavy atom. The topological polar surface area (TPSA) is 30.2 Å². The van der Waals surface area contributed by atoms with Crippen LogP contribution in [-0.4, -0.2) is 14.4 Å². The Morgan fingerprint density at radius 2 is 1.93 bits per heavy atom. The Bertz CT molecular complexity index is 463. The van der Waals surface area contributed by atoms with Gasteiger partial charge in [-0.2, -0.15) is 0 Å².